The summed E-state index contributed by atoms with van der Waals surface area (Å²) in [6.45, 7) is -4.27. The first-order chi connectivity index (χ1) is 15.3. The van der Waals surface area contributed by atoms with Crippen LogP contribution in [0, 0.1) is 5.92 Å². The van der Waals surface area contributed by atoms with E-state index in [2.05, 4.69) is 20.1 Å². The van der Waals surface area contributed by atoms with E-state index in [4.69, 9.17) is 5.73 Å². The summed E-state index contributed by atoms with van der Waals surface area (Å²) in [6, 6.07) is 2.11. The van der Waals surface area contributed by atoms with Gasteiger partial charge in [-0.05, 0) is 24.5 Å². The minimum absolute atomic E-state index is 0.0768. The maximum Gasteiger partial charge on any atom is 0.423 e. The Morgan fingerprint density at radius 3 is 2.58 bits per heavy atom. The maximum atomic E-state index is 13.7. The molecule has 1 aliphatic carbocycles. The number of anilines is 1. The highest BCUT2D eigenvalue weighted by atomic mass is 19.4. The number of nitrogens with one attached hydrogen (secondary N) is 1. The third-order valence-electron chi connectivity index (χ3n) is 4.83. The molecule has 0 spiro atoms. The molecule has 0 aromatic carbocycles. The number of alkyl halides is 7. The largest absolute Gasteiger partial charge is 0.423 e. The Morgan fingerprint density at radius 2 is 2.03 bits per heavy atom. The number of ether oxygens (including phenoxy) is 1. The molecule has 1 fully saturated rings. The van der Waals surface area contributed by atoms with E-state index in [1.54, 1.807) is 0 Å². The first-order valence-corrected chi connectivity index (χ1v) is 9.34. The quantitative estimate of drug-likeness (QED) is 0.584. The molecule has 2 aromatic rings. The zero-order valence-corrected chi connectivity index (χ0v) is 16.5. The number of halogens is 7. The summed E-state index contributed by atoms with van der Waals surface area (Å²) < 4.78 is 98.0. The number of pyridine rings is 1. The second-order valence-corrected chi connectivity index (χ2v) is 7.30. The number of aromatic nitrogens is 3. The molecule has 2 heterocycles. The Hall–Kier alpha value is -3.39. The molecule has 2 amide bonds. The summed E-state index contributed by atoms with van der Waals surface area (Å²) in [5, 5.41) is 5.41. The van der Waals surface area contributed by atoms with Crippen LogP contribution >= 0.6 is 0 Å². The number of rotatable bonds is 7. The van der Waals surface area contributed by atoms with Gasteiger partial charge in [-0.2, -0.15) is 22.0 Å². The van der Waals surface area contributed by atoms with Crippen LogP contribution in [0.3, 0.4) is 0 Å². The molecular weight excluding hydrogens is 467 g/mol. The van der Waals surface area contributed by atoms with E-state index in [-0.39, 0.29) is 17.8 Å². The zero-order chi connectivity index (χ0) is 24.6. The molecule has 33 heavy (non-hydrogen) atoms. The van der Waals surface area contributed by atoms with Crippen LogP contribution in [0.15, 0.2) is 18.3 Å². The van der Waals surface area contributed by atoms with Crippen molar-refractivity contribution in [3.05, 3.63) is 35.3 Å². The normalized spacial score (nSPS) is 17.9. The van der Waals surface area contributed by atoms with Crippen LogP contribution in [0.1, 0.15) is 45.8 Å². The lowest BCUT2D eigenvalue weighted by Gasteiger charge is -2.15. The fourth-order valence-electron chi connectivity index (χ4n) is 3.50. The predicted molar refractivity (Wildman–Crippen MR) is 96.9 cm³/mol. The monoisotopic (exact) mass is 483 g/mol. The number of carbonyl (C=O) groups is 2. The molecule has 180 valence electrons. The third kappa shape index (κ3) is 5.70. The number of nitrogens with zero attached hydrogens (tertiary/aromatic N) is 3. The average molecular weight is 483 g/mol. The molecule has 0 aliphatic heterocycles. The summed E-state index contributed by atoms with van der Waals surface area (Å²) in [6.07, 6.45) is -5.58. The van der Waals surface area contributed by atoms with Crippen molar-refractivity contribution >= 4 is 17.5 Å². The first-order valence-electron chi connectivity index (χ1n) is 9.34. The van der Waals surface area contributed by atoms with E-state index in [0.29, 0.717) is 4.68 Å². The van der Waals surface area contributed by atoms with E-state index >= 15 is 0 Å². The Labute approximate surface area is 180 Å². The molecule has 0 bridgehead atoms. The van der Waals surface area contributed by atoms with Gasteiger partial charge in [0, 0.05) is 31.3 Å². The zero-order valence-electron chi connectivity index (χ0n) is 16.5. The average Bonchev–Trinajstić information content (AvgIpc) is 3.20. The number of hydrogen-bond acceptors (Lipinski definition) is 5. The van der Waals surface area contributed by atoms with Gasteiger partial charge in [0.15, 0.2) is 5.56 Å². The van der Waals surface area contributed by atoms with Gasteiger partial charge in [0.25, 0.3) is 17.7 Å². The van der Waals surface area contributed by atoms with Crippen LogP contribution < -0.4 is 15.8 Å². The lowest BCUT2D eigenvalue weighted by atomic mass is 10.1. The highest BCUT2D eigenvalue weighted by Crippen LogP contribution is 2.42. The topological polar surface area (TPSA) is 112 Å². The van der Waals surface area contributed by atoms with Crippen molar-refractivity contribution in [3.8, 4) is 5.88 Å². The van der Waals surface area contributed by atoms with E-state index in [1.807, 2.05) is 0 Å². The van der Waals surface area contributed by atoms with Gasteiger partial charge in [0.2, 0.25) is 5.92 Å². The number of hydrogen-bond donors (Lipinski definition) is 2. The van der Waals surface area contributed by atoms with E-state index in [9.17, 15) is 40.3 Å². The fraction of sp³-hybridized carbons (Fsp3) is 0.444. The minimum Gasteiger partial charge on any atom is -0.415 e. The van der Waals surface area contributed by atoms with Crippen LogP contribution in [0.5, 0.6) is 5.88 Å². The van der Waals surface area contributed by atoms with Gasteiger partial charge in [0.1, 0.15) is 11.4 Å². The number of carbonyl (C=O) groups excluding carboxylic acids is 2. The lowest BCUT2D eigenvalue weighted by Crippen LogP contribution is -2.24. The van der Waals surface area contributed by atoms with Crippen molar-refractivity contribution < 1.29 is 45.1 Å². The Balaban J connectivity index is 2.04. The molecule has 3 N–H and O–H groups in total. The van der Waals surface area contributed by atoms with Crippen LogP contribution in [0.25, 0.3) is 0 Å². The van der Waals surface area contributed by atoms with E-state index in [0.717, 1.165) is 18.3 Å². The van der Waals surface area contributed by atoms with Crippen LogP contribution in [-0.2, 0) is 12.7 Å². The highest BCUT2D eigenvalue weighted by Gasteiger charge is 2.45. The molecule has 0 radical (unpaired) electrons. The number of primary amides is 1. The van der Waals surface area contributed by atoms with Gasteiger partial charge in [-0.1, -0.05) is 0 Å². The molecule has 1 aliphatic rings. The van der Waals surface area contributed by atoms with Gasteiger partial charge in [0.05, 0.1) is 0 Å². The molecule has 1 saturated carbocycles. The minimum atomic E-state index is -5.36. The smallest absolute Gasteiger partial charge is 0.415 e. The van der Waals surface area contributed by atoms with Gasteiger partial charge >= 0.3 is 12.8 Å². The highest BCUT2D eigenvalue weighted by molar-refractivity contribution is 6.05. The Kier molecular flexibility index (Phi) is 6.51. The Morgan fingerprint density at radius 1 is 1.33 bits per heavy atom. The van der Waals surface area contributed by atoms with Crippen molar-refractivity contribution in [1.29, 1.82) is 0 Å². The summed E-state index contributed by atoms with van der Waals surface area (Å²) in [4.78, 5) is 27.6. The summed E-state index contributed by atoms with van der Waals surface area (Å²) in [5.74, 6) is -7.92. The second-order valence-electron chi connectivity index (χ2n) is 7.30. The standard InChI is InChI=1S/C18H16F7N5O3/c19-16(20)33-15-11(18(23,24)25)12(30(29-15)7-8-1-3-17(21,22)6-8)14(32)28-9-2-4-27-10(5-9)13(26)31/h2,4-5,8,16H,1,3,6-7H2,(H2,26,31)(H,27,28,32)/t8-/m0/s1. The van der Waals surface area contributed by atoms with E-state index in [1.165, 1.54) is 0 Å². The lowest BCUT2D eigenvalue weighted by molar-refractivity contribution is -0.142. The summed E-state index contributed by atoms with van der Waals surface area (Å²) in [7, 11) is 0. The van der Waals surface area contributed by atoms with Gasteiger partial charge < -0.3 is 15.8 Å². The van der Waals surface area contributed by atoms with Crippen LogP contribution in [0.4, 0.5) is 36.4 Å². The Bertz CT molecular complexity index is 1050. The summed E-state index contributed by atoms with van der Waals surface area (Å²) >= 11 is 0. The molecule has 2 aromatic heterocycles. The SMILES string of the molecule is NC(=O)c1cc(NC(=O)c2c(C(F)(F)F)c(OC(F)F)nn2C[C@H]2CCC(F)(F)C2)ccn1. The predicted octanol–water partition coefficient (Wildman–Crippen LogP) is 3.68. The van der Waals surface area contributed by atoms with Crippen molar-refractivity contribution in [2.75, 3.05) is 5.32 Å². The van der Waals surface area contributed by atoms with Crippen LogP contribution in [0.2, 0.25) is 0 Å². The molecule has 0 unspecified atom stereocenters. The summed E-state index contributed by atoms with van der Waals surface area (Å²) in [5.41, 5.74) is 1.46. The molecule has 15 heteroatoms. The van der Waals surface area contributed by atoms with Crippen LogP contribution in [-0.4, -0.2) is 39.1 Å². The van der Waals surface area contributed by atoms with Gasteiger partial charge in [-0.25, -0.2) is 8.78 Å². The van der Waals surface area contributed by atoms with Gasteiger partial charge in [-0.3, -0.25) is 19.3 Å². The third-order valence-corrected chi connectivity index (χ3v) is 4.83. The molecule has 8 nitrogen and oxygen atoms in total. The van der Waals surface area contributed by atoms with Crippen molar-refractivity contribution in [1.82, 2.24) is 14.8 Å². The second kappa shape index (κ2) is 8.86. The number of amides is 2. The molecule has 3 rings (SSSR count). The maximum absolute atomic E-state index is 13.7. The van der Waals surface area contributed by atoms with E-state index < -0.39 is 73.0 Å². The molecule has 0 saturated heterocycles. The fourth-order valence-corrected chi connectivity index (χ4v) is 3.50. The number of nitrogens with two attached hydrogens (primary N) is 1. The van der Waals surface area contributed by atoms with Crippen molar-refractivity contribution in [2.24, 2.45) is 11.7 Å². The van der Waals surface area contributed by atoms with Gasteiger partial charge in [-0.15, -0.1) is 5.10 Å². The molecular formula is C18H16F7N5O3. The first kappa shape index (κ1) is 24.3. The van der Waals surface area contributed by atoms with Crippen molar-refractivity contribution in [2.45, 2.75) is 44.5 Å². The van der Waals surface area contributed by atoms with Crippen molar-refractivity contribution in [3.63, 3.8) is 0 Å². The molecule has 1 atom stereocenters.